The summed E-state index contributed by atoms with van der Waals surface area (Å²) in [7, 11) is 3.25. The van der Waals surface area contributed by atoms with Crippen molar-refractivity contribution in [1.82, 2.24) is 5.32 Å². The van der Waals surface area contributed by atoms with Gasteiger partial charge in [-0.05, 0) is 54.9 Å². The highest BCUT2D eigenvalue weighted by molar-refractivity contribution is 5.88. The zero-order valence-corrected chi connectivity index (χ0v) is 17.0. The molecule has 0 aliphatic rings. The summed E-state index contributed by atoms with van der Waals surface area (Å²) in [5.74, 6) is 2.05. The lowest BCUT2D eigenvalue weighted by atomic mass is 10.1. The maximum Gasteiger partial charge on any atom is 0.335 e. The molecule has 3 rings (SSSR count). The minimum absolute atomic E-state index is 0. The lowest BCUT2D eigenvalue weighted by molar-refractivity contribution is -0.0000222. The Hall–Kier alpha value is -2.96. The smallest absolute Gasteiger partial charge is 0.335 e. The van der Waals surface area contributed by atoms with Crippen LogP contribution in [0.3, 0.4) is 0 Å². The first-order chi connectivity index (χ1) is 13.6. The quantitative estimate of drug-likeness (QED) is 0.506. The first-order valence-corrected chi connectivity index (χ1v) is 8.95. The van der Waals surface area contributed by atoms with Crippen molar-refractivity contribution in [2.45, 2.75) is 13.0 Å². The van der Waals surface area contributed by atoms with Crippen molar-refractivity contribution < 1.29 is 36.2 Å². The number of benzene rings is 2. The largest absolute Gasteiger partial charge is 1.00 e. The Balaban J connectivity index is 0.00000300. The number of hydrogen-bond donors (Lipinski definition) is 2. The second-order valence-electron chi connectivity index (χ2n) is 6.26. The molecule has 0 radical (unpaired) electrons. The summed E-state index contributed by atoms with van der Waals surface area (Å²) < 4.78 is 16.4. The molecule has 0 aliphatic carbocycles. The molecule has 2 N–H and O–H groups in total. The minimum atomic E-state index is -0.939. The Kier molecular flexibility index (Phi) is 8.12. The van der Waals surface area contributed by atoms with Gasteiger partial charge in [0, 0.05) is 5.56 Å². The number of nitrogens with one attached hydrogen (secondary N) is 1. The summed E-state index contributed by atoms with van der Waals surface area (Å²) in [6, 6.07) is 16.4. The SMILES string of the molecule is COc1ccc(CCNCc2ccc(-c3ccc(C(=O)O)cc3)o2)cc1OC.[Cl-]. The molecule has 29 heavy (non-hydrogen) atoms. The van der Waals surface area contributed by atoms with Crippen molar-refractivity contribution in [3.05, 3.63) is 71.5 Å². The van der Waals surface area contributed by atoms with Crippen LogP contribution in [0.4, 0.5) is 0 Å². The van der Waals surface area contributed by atoms with Gasteiger partial charge in [0.05, 0.1) is 26.3 Å². The molecule has 2 aromatic carbocycles. The van der Waals surface area contributed by atoms with Gasteiger partial charge in [0.1, 0.15) is 11.5 Å². The van der Waals surface area contributed by atoms with Crippen molar-refractivity contribution in [3.8, 4) is 22.8 Å². The molecule has 0 saturated heterocycles. The van der Waals surface area contributed by atoms with E-state index >= 15 is 0 Å². The maximum atomic E-state index is 10.9. The average molecular weight is 417 g/mol. The van der Waals surface area contributed by atoms with Gasteiger partial charge in [0.15, 0.2) is 11.5 Å². The van der Waals surface area contributed by atoms with E-state index in [1.807, 2.05) is 30.3 Å². The van der Waals surface area contributed by atoms with Gasteiger partial charge in [0.25, 0.3) is 0 Å². The van der Waals surface area contributed by atoms with E-state index in [9.17, 15) is 4.79 Å². The summed E-state index contributed by atoms with van der Waals surface area (Å²) in [6.45, 7) is 1.40. The molecule has 1 aromatic heterocycles. The Morgan fingerprint density at radius 2 is 1.72 bits per heavy atom. The fourth-order valence-electron chi connectivity index (χ4n) is 2.89. The molecule has 154 valence electrons. The van der Waals surface area contributed by atoms with Gasteiger partial charge in [-0.25, -0.2) is 4.79 Å². The number of carboxylic acid groups (broad SMARTS) is 1. The predicted octanol–water partition coefficient (Wildman–Crippen LogP) is 0.998. The molecule has 1 heterocycles. The highest BCUT2D eigenvalue weighted by Crippen LogP contribution is 2.27. The second kappa shape index (κ2) is 10.5. The summed E-state index contributed by atoms with van der Waals surface area (Å²) in [4.78, 5) is 10.9. The average Bonchev–Trinajstić information content (AvgIpc) is 3.20. The lowest BCUT2D eigenvalue weighted by Crippen LogP contribution is -3.00. The molecule has 7 heteroatoms. The van der Waals surface area contributed by atoms with Gasteiger partial charge in [-0.3, -0.25) is 0 Å². The lowest BCUT2D eigenvalue weighted by Gasteiger charge is -2.09. The number of halogens is 1. The van der Waals surface area contributed by atoms with Gasteiger partial charge in [-0.2, -0.15) is 0 Å². The van der Waals surface area contributed by atoms with Gasteiger partial charge < -0.3 is 36.7 Å². The van der Waals surface area contributed by atoms with Crippen LogP contribution in [0.15, 0.2) is 59.0 Å². The number of hydrogen-bond acceptors (Lipinski definition) is 5. The molecule has 0 saturated carbocycles. The Morgan fingerprint density at radius 1 is 1.00 bits per heavy atom. The van der Waals surface area contributed by atoms with Crippen LogP contribution < -0.4 is 27.2 Å². The van der Waals surface area contributed by atoms with Gasteiger partial charge >= 0.3 is 5.97 Å². The molecule has 0 spiro atoms. The molecule has 0 aliphatic heterocycles. The Morgan fingerprint density at radius 3 is 2.38 bits per heavy atom. The van der Waals surface area contributed by atoms with Crippen molar-refractivity contribution in [2.24, 2.45) is 0 Å². The fourth-order valence-corrected chi connectivity index (χ4v) is 2.89. The van der Waals surface area contributed by atoms with E-state index in [1.54, 1.807) is 38.5 Å². The van der Waals surface area contributed by atoms with Gasteiger partial charge in [0.2, 0.25) is 0 Å². The molecule has 0 atom stereocenters. The Bertz CT molecular complexity index is 937. The van der Waals surface area contributed by atoms with Crippen molar-refractivity contribution >= 4 is 5.97 Å². The van der Waals surface area contributed by atoms with Crippen LogP contribution in [0.1, 0.15) is 21.7 Å². The normalized spacial score (nSPS) is 10.3. The van der Waals surface area contributed by atoms with Crippen LogP contribution in [0, 0.1) is 0 Å². The van der Waals surface area contributed by atoms with E-state index in [0.29, 0.717) is 12.3 Å². The molecular formula is C22H23ClNO5-. The van der Waals surface area contributed by atoms with E-state index < -0.39 is 5.97 Å². The van der Waals surface area contributed by atoms with Crippen molar-refractivity contribution in [3.63, 3.8) is 0 Å². The van der Waals surface area contributed by atoms with E-state index in [0.717, 1.165) is 41.4 Å². The number of carboxylic acids is 1. The monoisotopic (exact) mass is 416 g/mol. The standard InChI is InChI=1S/C22H23NO5.ClH/c1-26-20-9-3-15(13-21(20)27-2)11-12-23-14-18-8-10-19(28-18)16-4-6-17(7-5-16)22(24)25;/h3-10,13,23H,11-12,14H2,1-2H3,(H,24,25);1H/p-1. The van der Waals surface area contributed by atoms with E-state index in [-0.39, 0.29) is 18.0 Å². The van der Waals surface area contributed by atoms with Gasteiger partial charge in [-0.1, -0.05) is 18.2 Å². The van der Waals surface area contributed by atoms with Crippen LogP contribution in [-0.2, 0) is 13.0 Å². The van der Waals surface area contributed by atoms with Crippen molar-refractivity contribution in [2.75, 3.05) is 20.8 Å². The molecule has 0 amide bonds. The van der Waals surface area contributed by atoms with E-state index in [2.05, 4.69) is 5.32 Å². The number of methoxy groups -OCH3 is 2. The number of carbonyl (C=O) groups is 1. The van der Waals surface area contributed by atoms with E-state index in [4.69, 9.17) is 19.0 Å². The Labute approximate surface area is 175 Å². The van der Waals surface area contributed by atoms with Crippen molar-refractivity contribution in [1.29, 1.82) is 0 Å². The molecule has 0 fully saturated rings. The summed E-state index contributed by atoms with van der Waals surface area (Å²) in [5, 5.41) is 12.3. The van der Waals surface area contributed by atoms with Gasteiger partial charge in [-0.15, -0.1) is 0 Å². The topological polar surface area (TPSA) is 80.9 Å². The third-order valence-corrected chi connectivity index (χ3v) is 4.42. The first-order valence-electron chi connectivity index (χ1n) is 8.95. The van der Waals surface area contributed by atoms with Crippen LogP contribution in [0.5, 0.6) is 11.5 Å². The molecular weight excluding hydrogens is 394 g/mol. The third kappa shape index (κ3) is 5.76. The summed E-state index contributed by atoms with van der Waals surface area (Å²) in [6.07, 6.45) is 0.852. The number of rotatable bonds is 9. The zero-order valence-electron chi connectivity index (χ0n) is 16.3. The maximum absolute atomic E-state index is 10.9. The highest BCUT2D eigenvalue weighted by atomic mass is 35.5. The van der Waals surface area contributed by atoms with Crippen LogP contribution in [-0.4, -0.2) is 31.8 Å². The van der Waals surface area contributed by atoms with Crippen LogP contribution >= 0.6 is 0 Å². The third-order valence-electron chi connectivity index (χ3n) is 4.42. The highest BCUT2D eigenvalue weighted by Gasteiger charge is 2.08. The van der Waals surface area contributed by atoms with Crippen LogP contribution in [0.25, 0.3) is 11.3 Å². The molecule has 6 nitrogen and oxygen atoms in total. The molecule has 0 unspecified atom stereocenters. The van der Waals surface area contributed by atoms with Crippen LogP contribution in [0.2, 0.25) is 0 Å². The predicted molar refractivity (Wildman–Crippen MR) is 106 cm³/mol. The summed E-state index contributed by atoms with van der Waals surface area (Å²) in [5.41, 5.74) is 2.26. The first kappa shape index (κ1) is 22.3. The summed E-state index contributed by atoms with van der Waals surface area (Å²) >= 11 is 0. The minimum Gasteiger partial charge on any atom is -1.00 e. The molecule has 0 bridgehead atoms. The number of aromatic carboxylic acids is 1. The molecule has 3 aromatic rings. The van der Waals surface area contributed by atoms with E-state index in [1.165, 1.54) is 0 Å². The zero-order chi connectivity index (χ0) is 19.9. The number of furan rings is 1. The second-order valence-corrected chi connectivity index (χ2v) is 6.26. The fraction of sp³-hybridized carbons (Fsp3) is 0.227. The number of ether oxygens (including phenoxy) is 2.